The third kappa shape index (κ3) is 7.09. The average Bonchev–Trinajstić information content (AvgIpc) is 3.43. The highest BCUT2D eigenvalue weighted by molar-refractivity contribution is 6.74. The van der Waals surface area contributed by atoms with Crippen LogP contribution in [0.3, 0.4) is 0 Å². The molecule has 1 aromatic heterocycles. The maximum atomic E-state index is 15.8. The highest BCUT2D eigenvalue weighted by Crippen LogP contribution is 2.43. The minimum absolute atomic E-state index is 0.0133. The van der Waals surface area contributed by atoms with Crippen LogP contribution in [0.2, 0.25) is 36.3 Å². The summed E-state index contributed by atoms with van der Waals surface area (Å²) in [6.07, 6.45) is 3.15. The Balaban J connectivity index is 1.52. The van der Waals surface area contributed by atoms with Crippen LogP contribution in [0.1, 0.15) is 71.6 Å². The second kappa shape index (κ2) is 12.3. The average molecular weight is 618 g/mol. The Morgan fingerprint density at radius 3 is 2.24 bits per heavy atom. The van der Waals surface area contributed by atoms with E-state index in [0.29, 0.717) is 13.0 Å². The number of fused-ring (bicyclic) bond motifs is 1. The van der Waals surface area contributed by atoms with Crippen molar-refractivity contribution in [1.29, 1.82) is 0 Å². The fraction of sp³-hybridized carbons (Fsp3) is 0.688. The van der Waals surface area contributed by atoms with Crippen molar-refractivity contribution in [3.8, 4) is 5.88 Å². The number of halogens is 1. The van der Waals surface area contributed by atoms with Crippen LogP contribution in [0.15, 0.2) is 30.6 Å². The zero-order valence-electron chi connectivity index (χ0n) is 27.5. The smallest absolute Gasteiger partial charge is 0.256 e. The molecule has 0 unspecified atom stereocenters. The zero-order valence-corrected chi connectivity index (χ0v) is 29.5. The predicted octanol–water partition coefficient (Wildman–Crippen LogP) is 7.91. The van der Waals surface area contributed by atoms with Crippen LogP contribution in [-0.4, -0.2) is 58.6 Å². The summed E-state index contributed by atoms with van der Waals surface area (Å²) in [5.41, 5.74) is 2.29. The molecule has 2 aromatic rings. The molecular formula is C32H52FN3O4Si2. The summed E-state index contributed by atoms with van der Waals surface area (Å²) in [6, 6.07) is 7.93. The molecule has 0 bridgehead atoms. The molecule has 10 heteroatoms. The summed E-state index contributed by atoms with van der Waals surface area (Å²) in [5, 5.41) is 3.48. The lowest BCUT2D eigenvalue weighted by atomic mass is 10.1. The second-order valence-corrected chi connectivity index (χ2v) is 24.7. The van der Waals surface area contributed by atoms with Gasteiger partial charge in [0.15, 0.2) is 22.5 Å². The summed E-state index contributed by atoms with van der Waals surface area (Å²) < 4.78 is 41.5. The molecule has 1 N–H and O–H groups in total. The molecule has 1 heterocycles. The molecule has 0 aliphatic heterocycles. The fourth-order valence-electron chi connectivity index (χ4n) is 5.33. The van der Waals surface area contributed by atoms with E-state index in [1.54, 1.807) is 7.11 Å². The van der Waals surface area contributed by atoms with Crippen LogP contribution in [0.25, 0.3) is 0 Å². The van der Waals surface area contributed by atoms with Gasteiger partial charge in [0.25, 0.3) is 5.88 Å². The van der Waals surface area contributed by atoms with Gasteiger partial charge in [0, 0.05) is 32.5 Å². The standard InChI is InChI=1S/C32H52FN3O4Si2/c1-31(2,3)41(8,9)38-19-22-16-23(18-25(22)40-42(10,11)32(4,5)6)39-30-27(33)29(34-20-35-30)36-28-24-15-13-12-14-21(24)17-26(28)37-7/h12-15,20,22-23,25-26,28H,16-19H2,1-11H3,(H,34,35,36)/t22-,23+,25-,26-,28+/m0/s1. The van der Waals surface area contributed by atoms with Gasteiger partial charge in [-0.05, 0) is 53.8 Å². The van der Waals surface area contributed by atoms with Gasteiger partial charge in [-0.1, -0.05) is 65.8 Å². The van der Waals surface area contributed by atoms with Crippen molar-refractivity contribution in [3.63, 3.8) is 0 Å². The van der Waals surface area contributed by atoms with E-state index in [9.17, 15) is 0 Å². The molecule has 234 valence electrons. The predicted molar refractivity (Wildman–Crippen MR) is 172 cm³/mol. The highest BCUT2D eigenvalue weighted by Gasteiger charge is 2.46. The number of benzene rings is 1. The van der Waals surface area contributed by atoms with Crippen LogP contribution >= 0.6 is 0 Å². The molecule has 4 rings (SSSR count). The summed E-state index contributed by atoms with van der Waals surface area (Å²) in [4.78, 5) is 8.44. The molecule has 42 heavy (non-hydrogen) atoms. The molecule has 0 radical (unpaired) electrons. The fourth-order valence-corrected chi connectivity index (χ4v) is 7.79. The Morgan fingerprint density at radius 2 is 1.60 bits per heavy atom. The molecule has 7 nitrogen and oxygen atoms in total. The third-order valence-corrected chi connectivity index (χ3v) is 19.1. The van der Waals surface area contributed by atoms with Crippen molar-refractivity contribution in [3.05, 3.63) is 47.5 Å². The van der Waals surface area contributed by atoms with Gasteiger partial charge in [-0.25, -0.2) is 4.98 Å². The second-order valence-electron chi connectivity index (χ2n) is 15.1. The lowest BCUT2D eigenvalue weighted by Gasteiger charge is -2.41. The number of hydrogen-bond acceptors (Lipinski definition) is 7. The lowest BCUT2D eigenvalue weighted by Crippen LogP contribution is -2.46. The summed E-state index contributed by atoms with van der Waals surface area (Å²) in [6.45, 7) is 23.3. The van der Waals surface area contributed by atoms with Gasteiger partial charge >= 0.3 is 0 Å². The van der Waals surface area contributed by atoms with Crippen molar-refractivity contribution in [2.75, 3.05) is 19.0 Å². The first-order valence-corrected chi connectivity index (χ1v) is 21.1. The maximum Gasteiger partial charge on any atom is 0.256 e. The minimum Gasteiger partial charge on any atom is -0.472 e. The first-order chi connectivity index (χ1) is 19.4. The third-order valence-electron chi connectivity index (χ3n) is 10.1. The number of aromatic nitrogens is 2. The molecule has 1 aromatic carbocycles. The Bertz CT molecular complexity index is 1230. The highest BCUT2D eigenvalue weighted by atomic mass is 28.4. The van der Waals surface area contributed by atoms with Crippen molar-refractivity contribution in [2.24, 2.45) is 5.92 Å². The quantitative estimate of drug-likeness (QED) is 0.272. The molecule has 2 aliphatic rings. The Morgan fingerprint density at radius 1 is 0.929 bits per heavy atom. The number of anilines is 1. The maximum absolute atomic E-state index is 15.8. The number of nitrogens with zero attached hydrogens (tertiary/aromatic N) is 2. The molecule has 5 atom stereocenters. The van der Waals surface area contributed by atoms with Gasteiger partial charge < -0.3 is 23.6 Å². The van der Waals surface area contributed by atoms with Gasteiger partial charge in [-0.3, -0.25) is 0 Å². The molecule has 1 saturated carbocycles. The van der Waals surface area contributed by atoms with Crippen molar-refractivity contribution in [1.82, 2.24) is 9.97 Å². The van der Waals surface area contributed by atoms with Gasteiger partial charge in [0.2, 0.25) is 5.82 Å². The number of nitrogens with one attached hydrogen (secondary N) is 1. The van der Waals surface area contributed by atoms with Crippen molar-refractivity contribution < 1.29 is 22.7 Å². The van der Waals surface area contributed by atoms with Crippen molar-refractivity contribution in [2.45, 2.75) is 121 Å². The topological polar surface area (TPSA) is 74.7 Å². The summed E-state index contributed by atoms with van der Waals surface area (Å²) >= 11 is 0. The van der Waals surface area contributed by atoms with E-state index in [1.165, 1.54) is 11.9 Å². The number of rotatable bonds is 10. The van der Waals surface area contributed by atoms with Gasteiger partial charge in [0.05, 0.1) is 18.2 Å². The van der Waals surface area contributed by atoms with E-state index >= 15 is 4.39 Å². The SMILES string of the molecule is CO[C@H]1Cc2ccccc2[C@H]1Nc1ncnc(O[C@@H]2C[C@@H](CO[Si](C)(C)C(C)(C)C)[C@@H](O[Si](C)(C)C(C)(C)C)C2)c1F. The first-order valence-electron chi connectivity index (χ1n) is 15.3. The number of hydrogen-bond donors (Lipinski definition) is 1. The van der Waals surface area contributed by atoms with E-state index < -0.39 is 22.5 Å². The van der Waals surface area contributed by atoms with Gasteiger partial charge in [0.1, 0.15) is 12.4 Å². The van der Waals surface area contributed by atoms with Crippen LogP contribution in [-0.2, 0) is 20.0 Å². The molecule has 0 spiro atoms. The van der Waals surface area contributed by atoms with Gasteiger partial charge in [-0.15, -0.1) is 0 Å². The molecule has 0 saturated heterocycles. The zero-order chi connectivity index (χ0) is 31.1. The van der Waals surface area contributed by atoms with Crippen LogP contribution < -0.4 is 10.1 Å². The normalized spacial score (nSPS) is 25.0. The first kappa shape index (κ1) is 33.0. The number of methoxy groups -OCH3 is 1. The van der Waals surface area contributed by atoms with Crippen LogP contribution in [0, 0.1) is 11.7 Å². The van der Waals surface area contributed by atoms with E-state index in [1.807, 2.05) is 12.1 Å². The van der Waals surface area contributed by atoms with Crippen LogP contribution in [0.4, 0.5) is 10.2 Å². The van der Waals surface area contributed by atoms with Crippen molar-refractivity contribution >= 4 is 22.5 Å². The number of ether oxygens (including phenoxy) is 2. The van der Waals surface area contributed by atoms with E-state index in [2.05, 4.69) is 95.1 Å². The Hall–Kier alpha value is -1.86. The van der Waals surface area contributed by atoms with E-state index in [0.717, 1.165) is 18.4 Å². The Labute approximate surface area is 254 Å². The van der Waals surface area contributed by atoms with E-state index in [4.69, 9.17) is 18.3 Å². The van der Waals surface area contributed by atoms with E-state index in [-0.39, 0.29) is 52.0 Å². The molecule has 0 amide bonds. The molecular weight excluding hydrogens is 566 g/mol. The lowest BCUT2D eigenvalue weighted by molar-refractivity contribution is 0.0957. The largest absolute Gasteiger partial charge is 0.472 e. The summed E-state index contributed by atoms with van der Waals surface area (Å²) in [7, 11) is -2.31. The molecule has 1 fully saturated rings. The van der Waals surface area contributed by atoms with Crippen LogP contribution in [0.5, 0.6) is 5.88 Å². The van der Waals surface area contributed by atoms with Gasteiger partial charge in [-0.2, -0.15) is 9.37 Å². The molecule has 2 aliphatic carbocycles. The summed E-state index contributed by atoms with van der Waals surface area (Å²) in [5.74, 6) is -0.332. The Kier molecular flexibility index (Phi) is 9.65. The monoisotopic (exact) mass is 617 g/mol. The minimum atomic E-state index is -2.05.